The predicted molar refractivity (Wildman–Crippen MR) is 85.5 cm³/mol. The molecule has 0 unspecified atom stereocenters. The zero-order chi connectivity index (χ0) is 16.6. The van der Waals surface area contributed by atoms with Crippen LogP contribution < -0.4 is 5.56 Å². The van der Waals surface area contributed by atoms with Gasteiger partial charge in [-0.3, -0.25) is 9.59 Å². The maximum atomic E-state index is 12.4. The van der Waals surface area contributed by atoms with E-state index in [1.807, 2.05) is 4.90 Å². The minimum absolute atomic E-state index is 0.0721. The number of hydrogen-bond acceptors (Lipinski definition) is 5. The summed E-state index contributed by atoms with van der Waals surface area (Å²) in [5, 5.41) is 4.10. The molecule has 7 heteroatoms. The Bertz CT molecular complexity index is 672. The van der Waals surface area contributed by atoms with Gasteiger partial charge in [0, 0.05) is 24.7 Å². The monoisotopic (exact) mass is 333 g/mol. The summed E-state index contributed by atoms with van der Waals surface area (Å²) in [6.45, 7) is 2.75. The summed E-state index contributed by atoms with van der Waals surface area (Å²) in [6.07, 6.45) is 5.24. The third-order valence-corrected chi connectivity index (χ3v) is 5.09. The smallest absolute Gasteiger partial charge is 0.266 e. The zero-order valence-electron chi connectivity index (χ0n) is 13.7. The Morgan fingerprint density at radius 2 is 2.25 bits per heavy atom. The molecule has 1 aromatic heterocycles. The van der Waals surface area contributed by atoms with Crippen molar-refractivity contribution >= 4 is 5.91 Å². The second-order valence-corrected chi connectivity index (χ2v) is 7.09. The van der Waals surface area contributed by atoms with Crippen LogP contribution in [-0.4, -0.2) is 58.6 Å². The molecule has 1 aliphatic carbocycles. The van der Waals surface area contributed by atoms with Gasteiger partial charge in [0.2, 0.25) is 5.91 Å². The molecule has 0 aromatic carbocycles. The molecule has 0 N–H and O–H groups in total. The van der Waals surface area contributed by atoms with E-state index in [4.69, 9.17) is 9.47 Å². The third kappa shape index (κ3) is 3.23. The first-order valence-corrected chi connectivity index (χ1v) is 8.72. The van der Waals surface area contributed by atoms with Crippen LogP contribution in [0.15, 0.2) is 23.1 Å². The van der Waals surface area contributed by atoms with Gasteiger partial charge in [-0.25, -0.2) is 4.68 Å². The van der Waals surface area contributed by atoms with Crippen molar-refractivity contribution in [3.8, 4) is 0 Å². The first kappa shape index (κ1) is 15.8. The minimum atomic E-state index is -0.440. The number of carbonyl (C=O) groups excluding carboxylic acids is 1. The van der Waals surface area contributed by atoms with E-state index in [9.17, 15) is 9.59 Å². The molecule has 24 heavy (non-hydrogen) atoms. The quantitative estimate of drug-likeness (QED) is 0.802. The van der Waals surface area contributed by atoms with E-state index >= 15 is 0 Å². The standard InChI is InChI=1S/C17H23N3O4/c21-15-2-1-7-18-20(15)10-14-5-6-17(24-14)11-19(8-9-23-12-17)16(22)13-3-4-13/h1-2,7,13-14H,3-6,8-12H2/t14-,17+/m1/s1. The Morgan fingerprint density at radius 1 is 1.38 bits per heavy atom. The lowest BCUT2D eigenvalue weighted by atomic mass is 10.00. The summed E-state index contributed by atoms with van der Waals surface area (Å²) in [5.74, 6) is 0.456. The molecule has 3 aliphatic rings. The number of rotatable bonds is 3. The highest BCUT2D eigenvalue weighted by Gasteiger charge is 2.45. The Morgan fingerprint density at radius 3 is 3.04 bits per heavy atom. The summed E-state index contributed by atoms with van der Waals surface area (Å²) < 4.78 is 13.5. The molecule has 1 aromatic rings. The van der Waals surface area contributed by atoms with E-state index in [2.05, 4.69) is 5.10 Å². The molecule has 2 saturated heterocycles. The molecule has 2 aliphatic heterocycles. The Balaban J connectivity index is 1.44. The molecule has 0 bridgehead atoms. The van der Waals surface area contributed by atoms with Crippen LogP contribution in [-0.2, 0) is 20.8 Å². The molecule has 7 nitrogen and oxygen atoms in total. The van der Waals surface area contributed by atoms with Gasteiger partial charge >= 0.3 is 0 Å². The maximum Gasteiger partial charge on any atom is 0.266 e. The van der Waals surface area contributed by atoms with Crippen molar-refractivity contribution in [2.75, 3.05) is 26.3 Å². The molecular weight excluding hydrogens is 310 g/mol. The number of hydrogen-bond donors (Lipinski definition) is 0. The van der Waals surface area contributed by atoms with Crippen molar-refractivity contribution < 1.29 is 14.3 Å². The highest BCUT2D eigenvalue weighted by atomic mass is 16.6. The van der Waals surface area contributed by atoms with Crippen molar-refractivity contribution in [1.29, 1.82) is 0 Å². The van der Waals surface area contributed by atoms with Gasteiger partial charge in [-0.1, -0.05) is 0 Å². The summed E-state index contributed by atoms with van der Waals surface area (Å²) in [7, 11) is 0. The number of carbonyl (C=O) groups is 1. The van der Waals surface area contributed by atoms with E-state index < -0.39 is 5.60 Å². The van der Waals surface area contributed by atoms with Crippen molar-refractivity contribution in [2.45, 2.75) is 43.9 Å². The van der Waals surface area contributed by atoms with Crippen LogP contribution in [0.5, 0.6) is 0 Å². The number of aromatic nitrogens is 2. The fraction of sp³-hybridized carbons (Fsp3) is 0.706. The largest absolute Gasteiger partial charge is 0.377 e. The highest BCUT2D eigenvalue weighted by molar-refractivity contribution is 5.81. The van der Waals surface area contributed by atoms with Gasteiger partial charge in [-0.2, -0.15) is 5.10 Å². The van der Waals surface area contributed by atoms with Gasteiger partial charge in [0.15, 0.2) is 0 Å². The molecule has 3 fully saturated rings. The molecule has 3 heterocycles. The summed E-state index contributed by atoms with van der Waals surface area (Å²) in [5.41, 5.74) is -0.561. The summed E-state index contributed by atoms with van der Waals surface area (Å²) >= 11 is 0. The fourth-order valence-electron chi connectivity index (χ4n) is 3.65. The van der Waals surface area contributed by atoms with Crippen molar-refractivity contribution in [3.05, 3.63) is 28.7 Å². The second kappa shape index (κ2) is 6.29. The van der Waals surface area contributed by atoms with Crippen LogP contribution in [0, 0.1) is 5.92 Å². The van der Waals surface area contributed by atoms with Crippen molar-refractivity contribution in [1.82, 2.24) is 14.7 Å². The maximum absolute atomic E-state index is 12.4. The molecule has 1 amide bonds. The number of ether oxygens (including phenoxy) is 2. The van der Waals surface area contributed by atoms with Crippen LogP contribution in [0.25, 0.3) is 0 Å². The molecular formula is C17H23N3O4. The number of amides is 1. The Hall–Kier alpha value is -1.73. The average molecular weight is 333 g/mol. The molecule has 0 radical (unpaired) electrons. The molecule has 1 saturated carbocycles. The van der Waals surface area contributed by atoms with Crippen LogP contribution >= 0.6 is 0 Å². The molecule has 4 rings (SSSR count). The summed E-state index contributed by atoms with van der Waals surface area (Å²) in [4.78, 5) is 26.2. The lowest BCUT2D eigenvalue weighted by Crippen LogP contribution is -2.47. The van der Waals surface area contributed by atoms with Gasteiger partial charge in [-0.15, -0.1) is 0 Å². The SMILES string of the molecule is O=C(C1CC1)N1CCOC[C@]2(CC[C@H](Cn3ncccc3=O)O2)C1. The first-order valence-electron chi connectivity index (χ1n) is 8.72. The molecule has 130 valence electrons. The Kier molecular flexibility index (Phi) is 4.14. The topological polar surface area (TPSA) is 73.7 Å². The van der Waals surface area contributed by atoms with Gasteiger partial charge in [-0.05, 0) is 31.7 Å². The van der Waals surface area contributed by atoms with Crippen molar-refractivity contribution in [3.63, 3.8) is 0 Å². The zero-order valence-corrected chi connectivity index (χ0v) is 13.7. The number of nitrogens with zero attached hydrogens (tertiary/aromatic N) is 3. The van der Waals surface area contributed by atoms with Gasteiger partial charge < -0.3 is 14.4 Å². The van der Waals surface area contributed by atoms with E-state index in [1.165, 1.54) is 10.7 Å². The van der Waals surface area contributed by atoms with Gasteiger partial charge in [0.25, 0.3) is 5.56 Å². The van der Waals surface area contributed by atoms with Gasteiger partial charge in [0.05, 0.1) is 32.4 Å². The average Bonchev–Trinajstić information content (AvgIpc) is 3.37. The van der Waals surface area contributed by atoms with E-state index in [0.29, 0.717) is 32.8 Å². The first-order chi connectivity index (χ1) is 11.7. The minimum Gasteiger partial charge on any atom is -0.377 e. The Labute approximate surface area is 140 Å². The summed E-state index contributed by atoms with van der Waals surface area (Å²) in [6, 6.07) is 3.14. The van der Waals surface area contributed by atoms with Gasteiger partial charge in [0.1, 0.15) is 5.60 Å². The normalized spacial score (nSPS) is 30.5. The fourth-order valence-corrected chi connectivity index (χ4v) is 3.65. The van der Waals surface area contributed by atoms with E-state index in [-0.39, 0.29) is 23.5 Å². The van der Waals surface area contributed by atoms with E-state index in [1.54, 1.807) is 12.3 Å². The molecule has 2 atom stereocenters. The third-order valence-electron chi connectivity index (χ3n) is 5.09. The highest BCUT2D eigenvalue weighted by Crippen LogP contribution is 2.36. The lowest BCUT2D eigenvalue weighted by molar-refractivity contribution is -0.137. The van der Waals surface area contributed by atoms with Crippen LogP contribution in [0.1, 0.15) is 25.7 Å². The lowest BCUT2D eigenvalue weighted by Gasteiger charge is -2.32. The van der Waals surface area contributed by atoms with E-state index in [0.717, 1.165) is 25.7 Å². The molecule has 1 spiro atoms. The van der Waals surface area contributed by atoms with Crippen LogP contribution in [0.4, 0.5) is 0 Å². The van der Waals surface area contributed by atoms with Crippen LogP contribution in [0.3, 0.4) is 0 Å². The van der Waals surface area contributed by atoms with Crippen LogP contribution in [0.2, 0.25) is 0 Å². The predicted octanol–water partition coefficient (Wildman–Crippen LogP) is 0.430. The second-order valence-electron chi connectivity index (χ2n) is 7.09. The van der Waals surface area contributed by atoms with Crippen molar-refractivity contribution in [2.24, 2.45) is 5.92 Å².